The van der Waals surface area contributed by atoms with Crippen molar-refractivity contribution in [3.8, 4) is 11.5 Å². The lowest BCUT2D eigenvalue weighted by molar-refractivity contribution is 0.174. The summed E-state index contributed by atoms with van der Waals surface area (Å²) in [7, 11) is 0. The Morgan fingerprint density at radius 3 is 2.55 bits per heavy atom. The van der Waals surface area contributed by atoms with E-state index in [0.29, 0.717) is 13.3 Å². The average Bonchev–Trinajstić information content (AvgIpc) is 2.87. The Kier molecular flexibility index (Phi) is 3.89. The predicted octanol–water partition coefficient (Wildman–Crippen LogP) is 4.86. The summed E-state index contributed by atoms with van der Waals surface area (Å²) < 4.78 is 12.9. The molecule has 0 aromatic heterocycles. The first-order valence-electron chi connectivity index (χ1n) is 6.21. The molecule has 0 spiro atoms. The fraction of sp³-hybridized carbons (Fsp3) is 0.200. The minimum absolute atomic E-state index is 0.295. The van der Waals surface area contributed by atoms with E-state index in [1.807, 2.05) is 12.1 Å². The van der Waals surface area contributed by atoms with Crippen molar-refractivity contribution in [1.29, 1.82) is 0 Å². The molecule has 3 rings (SSSR count). The van der Waals surface area contributed by atoms with Gasteiger partial charge in [0.05, 0.1) is 0 Å². The molecule has 0 aliphatic carbocycles. The molecule has 3 nitrogen and oxygen atoms in total. The van der Waals surface area contributed by atoms with E-state index in [1.54, 1.807) is 0 Å². The number of rotatable bonds is 3. The van der Waals surface area contributed by atoms with E-state index in [-0.39, 0.29) is 0 Å². The zero-order valence-electron chi connectivity index (χ0n) is 10.9. The molecule has 0 unspecified atom stereocenters. The number of nitrogens with one attached hydrogen (secondary N) is 1. The van der Waals surface area contributed by atoms with Crippen LogP contribution in [0.3, 0.4) is 0 Å². The van der Waals surface area contributed by atoms with Gasteiger partial charge in [0.1, 0.15) is 0 Å². The van der Waals surface area contributed by atoms with Crippen LogP contribution in [0.4, 0.5) is 5.69 Å². The third kappa shape index (κ3) is 2.79. The first-order chi connectivity index (χ1) is 9.63. The Labute approximate surface area is 134 Å². The van der Waals surface area contributed by atoms with Gasteiger partial charge in [0.2, 0.25) is 6.79 Å². The topological polar surface area (TPSA) is 30.5 Å². The third-order valence-electron chi connectivity index (χ3n) is 3.20. The average molecular weight is 399 g/mol. The second kappa shape index (κ2) is 5.66. The minimum atomic E-state index is 0.295. The van der Waals surface area contributed by atoms with Gasteiger partial charge < -0.3 is 14.8 Å². The van der Waals surface area contributed by atoms with E-state index >= 15 is 0 Å². The molecular weight excluding hydrogens is 386 g/mol. The molecule has 0 atom stereocenters. The molecule has 0 bridgehead atoms. The molecular formula is C15H13Br2NO2. The van der Waals surface area contributed by atoms with E-state index in [1.165, 1.54) is 5.56 Å². The SMILES string of the molecule is Cc1ccc(NCc2cc3c(cc2Br)OCO3)cc1Br. The molecule has 0 saturated heterocycles. The Morgan fingerprint density at radius 2 is 1.80 bits per heavy atom. The van der Waals surface area contributed by atoms with E-state index in [0.717, 1.165) is 31.7 Å². The highest BCUT2D eigenvalue weighted by Crippen LogP contribution is 2.37. The number of anilines is 1. The molecule has 5 heteroatoms. The van der Waals surface area contributed by atoms with Crippen molar-refractivity contribution in [3.05, 3.63) is 50.4 Å². The summed E-state index contributed by atoms with van der Waals surface area (Å²) in [4.78, 5) is 0. The lowest BCUT2D eigenvalue weighted by atomic mass is 10.2. The van der Waals surface area contributed by atoms with Crippen molar-refractivity contribution < 1.29 is 9.47 Å². The largest absolute Gasteiger partial charge is 0.454 e. The molecule has 1 heterocycles. The number of aryl methyl sites for hydroxylation is 1. The van der Waals surface area contributed by atoms with Crippen LogP contribution in [0, 0.1) is 6.92 Å². The van der Waals surface area contributed by atoms with Gasteiger partial charge in [-0.05, 0) is 42.3 Å². The summed E-state index contributed by atoms with van der Waals surface area (Å²) in [6.45, 7) is 3.08. The maximum atomic E-state index is 5.40. The number of ether oxygens (including phenoxy) is 2. The van der Waals surface area contributed by atoms with Gasteiger partial charge in [0, 0.05) is 21.2 Å². The standard InChI is InChI=1S/C15H13Br2NO2/c1-9-2-3-11(5-12(9)16)18-7-10-4-14-15(6-13(10)17)20-8-19-14/h2-6,18H,7-8H2,1H3. The van der Waals surface area contributed by atoms with Crippen LogP contribution in [0.25, 0.3) is 0 Å². The molecule has 1 aliphatic rings. The number of halogens is 2. The van der Waals surface area contributed by atoms with Gasteiger partial charge in [0.25, 0.3) is 0 Å². The molecule has 0 saturated carbocycles. The summed E-state index contributed by atoms with van der Waals surface area (Å²) >= 11 is 7.11. The second-order valence-electron chi connectivity index (χ2n) is 4.61. The lowest BCUT2D eigenvalue weighted by Crippen LogP contribution is -2.00. The molecule has 1 N–H and O–H groups in total. The van der Waals surface area contributed by atoms with E-state index in [9.17, 15) is 0 Å². The number of hydrogen-bond acceptors (Lipinski definition) is 3. The quantitative estimate of drug-likeness (QED) is 0.800. The van der Waals surface area contributed by atoms with Crippen LogP contribution in [0.15, 0.2) is 39.3 Å². The van der Waals surface area contributed by atoms with Crippen molar-refractivity contribution in [2.24, 2.45) is 0 Å². The minimum Gasteiger partial charge on any atom is -0.454 e. The van der Waals surface area contributed by atoms with Crippen LogP contribution in [-0.4, -0.2) is 6.79 Å². The van der Waals surface area contributed by atoms with Gasteiger partial charge in [-0.15, -0.1) is 0 Å². The summed E-state index contributed by atoms with van der Waals surface area (Å²) in [6.07, 6.45) is 0. The second-order valence-corrected chi connectivity index (χ2v) is 6.32. The van der Waals surface area contributed by atoms with Crippen molar-refractivity contribution in [2.45, 2.75) is 13.5 Å². The van der Waals surface area contributed by atoms with Crippen molar-refractivity contribution in [3.63, 3.8) is 0 Å². The summed E-state index contributed by atoms with van der Waals surface area (Å²) in [6, 6.07) is 10.2. The maximum Gasteiger partial charge on any atom is 0.231 e. The van der Waals surface area contributed by atoms with Crippen molar-refractivity contribution in [1.82, 2.24) is 0 Å². The molecule has 2 aromatic carbocycles. The van der Waals surface area contributed by atoms with Gasteiger partial charge in [-0.3, -0.25) is 0 Å². The summed E-state index contributed by atoms with van der Waals surface area (Å²) in [5.74, 6) is 1.59. The Bertz CT molecular complexity index is 659. The molecule has 2 aromatic rings. The first kappa shape index (κ1) is 13.8. The van der Waals surface area contributed by atoms with Crippen molar-refractivity contribution >= 4 is 37.5 Å². The van der Waals surface area contributed by atoms with Crippen LogP contribution in [-0.2, 0) is 6.54 Å². The van der Waals surface area contributed by atoms with Crippen LogP contribution in [0.2, 0.25) is 0 Å². The molecule has 0 fully saturated rings. The van der Waals surface area contributed by atoms with E-state index in [2.05, 4.69) is 62.3 Å². The van der Waals surface area contributed by atoms with Gasteiger partial charge in [-0.2, -0.15) is 0 Å². The zero-order chi connectivity index (χ0) is 14.1. The van der Waals surface area contributed by atoms with E-state index in [4.69, 9.17) is 9.47 Å². The zero-order valence-corrected chi connectivity index (χ0v) is 14.0. The van der Waals surface area contributed by atoms with Crippen LogP contribution in [0.5, 0.6) is 11.5 Å². The lowest BCUT2D eigenvalue weighted by Gasteiger charge is -2.10. The van der Waals surface area contributed by atoms with Gasteiger partial charge in [-0.1, -0.05) is 37.9 Å². The Morgan fingerprint density at radius 1 is 1.05 bits per heavy atom. The highest BCUT2D eigenvalue weighted by molar-refractivity contribution is 9.10. The van der Waals surface area contributed by atoms with Crippen molar-refractivity contribution in [2.75, 3.05) is 12.1 Å². The first-order valence-corrected chi connectivity index (χ1v) is 7.80. The van der Waals surface area contributed by atoms with Gasteiger partial charge >= 0.3 is 0 Å². The van der Waals surface area contributed by atoms with Gasteiger partial charge in [0.15, 0.2) is 11.5 Å². The van der Waals surface area contributed by atoms with Crippen LogP contribution < -0.4 is 14.8 Å². The molecule has 20 heavy (non-hydrogen) atoms. The monoisotopic (exact) mass is 397 g/mol. The highest BCUT2D eigenvalue weighted by atomic mass is 79.9. The normalized spacial score (nSPS) is 12.6. The Balaban J connectivity index is 1.76. The molecule has 104 valence electrons. The number of benzene rings is 2. The molecule has 1 aliphatic heterocycles. The number of hydrogen-bond donors (Lipinski definition) is 1. The molecule has 0 radical (unpaired) electrons. The summed E-state index contributed by atoms with van der Waals surface area (Å²) in [5, 5.41) is 3.40. The van der Waals surface area contributed by atoms with Crippen LogP contribution >= 0.6 is 31.9 Å². The smallest absolute Gasteiger partial charge is 0.231 e. The van der Waals surface area contributed by atoms with Gasteiger partial charge in [-0.25, -0.2) is 0 Å². The summed E-state index contributed by atoms with van der Waals surface area (Å²) in [5.41, 5.74) is 3.43. The predicted molar refractivity (Wildman–Crippen MR) is 86.5 cm³/mol. The fourth-order valence-corrected chi connectivity index (χ4v) is 2.84. The Hall–Kier alpha value is -1.20. The maximum absolute atomic E-state index is 5.40. The highest BCUT2D eigenvalue weighted by Gasteiger charge is 2.16. The van der Waals surface area contributed by atoms with Crippen LogP contribution in [0.1, 0.15) is 11.1 Å². The van der Waals surface area contributed by atoms with E-state index < -0.39 is 0 Å². The fourth-order valence-electron chi connectivity index (χ4n) is 1.99. The molecule has 0 amide bonds. The number of fused-ring (bicyclic) bond motifs is 1. The third-order valence-corrected chi connectivity index (χ3v) is 4.79.